The zero-order valence-corrected chi connectivity index (χ0v) is 11.7. The zero-order valence-electron chi connectivity index (χ0n) is 10.9. The van der Waals surface area contributed by atoms with E-state index in [1.807, 2.05) is 0 Å². The number of hydrogen-bond acceptors (Lipinski definition) is 5. The summed E-state index contributed by atoms with van der Waals surface area (Å²) in [5.41, 5.74) is 0. The number of sulfonamides is 1. The fourth-order valence-electron chi connectivity index (χ4n) is 1.34. The number of carbonyl (C=O) groups is 1. The van der Waals surface area contributed by atoms with Crippen molar-refractivity contribution in [3.63, 3.8) is 0 Å². The molecular formula is C12H19NO5S. The summed E-state index contributed by atoms with van der Waals surface area (Å²) < 4.78 is 36.0. The molecule has 19 heavy (non-hydrogen) atoms. The molecule has 108 valence electrons. The first-order chi connectivity index (χ1) is 9.10. The molecule has 0 aliphatic heterocycles. The number of nitrogens with one attached hydrogen (secondary N) is 1. The van der Waals surface area contributed by atoms with Crippen molar-refractivity contribution in [3.05, 3.63) is 17.9 Å². The minimum atomic E-state index is -3.68. The van der Waals surface area contributed by atoms with E-state index >= 15 is 0 Å². The van der Waals surface area contributed by atoms with E-state index in [2.05, 4.69) is 11.6 Å². The van der Waals surface area contributed by atoms with Gasteiger partial charge in [-0.15, -0.1) is 0 Å². The fourth-order valence-corrected chi connectivity index (χ4v) is 2.35. The van der Waals surface area contributed by atoms with Gasteiger partial charge in [0.15, 0.2) is 12.0 Å². The summed E-state index contributed by atoms with van der Waals surface area (Å²) in [6, 6.07) is 2.57. The molecule has 0 saturated heterocycles. The Labute approximate surface area is 113 Å². The molecule has 1 aromatic rings. The van der Waals surface area contributed by atoms with Crippen molar-refractivity contribution in [1.29, 1.82) is 0 Å². The maximum absolute atomic E-state index is 11.7. The van der Waals surface area contributed by atoms with Gasteiger partial charge in [0.05, 0.1) is 0 Å². The first kappa shape index (κ1) is 15.9. The van der Waals surface area contributed by atoms with Crippen LogP contribution in [0.4, 0.5) is 0 Å². The largest absolute Gasteiger partial charge is 0.440 e. The summed E-state index contributed by atoms with van der Waals surface area (Å²) in [5.74, 6) is -0.0109. The molecule has 0 fully saturated rings. The van der Waals surface area contributed by atoms with Crippen molar-refractivity contribution < 1.29 is 22.4 Å². The number of aldehydes is 1. The minimum absolute atomic E-state index is 0.0109. The van der Waals surface area contributed by atoms with Gasteiger partial charge < -0.3 is 9.15 Å². The van der Waals surface area contributed by atoms with E-state index in [-0.39, 0.29) is 17.4 Å². The average molecular weight is 289 g/mol. The molecule has 0 atom stereocenters. The molecule has 1 rings (SSSR count). The molecule has 0 bridgehead atoms. The summed E-state index contributed by atoms with van der Waals surface area (Å²) in [5, 5.41) is -0.249. The molecule has 0 radical (unpaired) electrons. The van der Waals surface area contributed by atoms with Crippen molar-refractivity contribution in [1.82, 2.24) is 4.72 Å². The highest BCUT2D eigenvalue weighted by molar-refractivity contribution is 7.89. The predicted molar refractivity (Wildman–Crippen MR) is 69.6 cm³/mol. The fraction of sp³-hybridized carbons (Fsp3) is 0.583. The van der Waals surface area contributed by atoms with Crippen molar-refractivity contribution in [2.24, 2.45) is 0 Å². The van der Waals surface area contributed by atoms with Gasteiger partial charge in [-0.1, -0.05) is 13.3 Å². The third-order valence-electron chi connectivity index (χ3n) is 2.38. The van der Waals surface area contributed by atoms with E-state index in [1.165, 1.54) is 12.1 Å². The average Bonchev–Trinajstić information content (AvgIpc) is 2.87. The second-order valence-corrected chi connectivity index (χ2v) is 5.69. The Hall–Kier alpha value is -1.18. The van der Waals surface area contributed by atoms with Crippen LogP contribution in [0.3, 0.4) is 0 Å². The van der Waals surface area contributed by atoms with Crippen LogP contribution in [0.5, 0.6) is 0 Å². The highest BCUT2D eigenvalue weighted by Crippen LogP contribution is 2.11. The second kappa shape index (κ2) is 8.08. The van der Waals surface area contributed by atoms with Gasteiger partial charge in [-0.05, 0) is 25.0 Å². The quantitative estimate of drug-likeness (QED) is 0.522. The second-order valence-electron chi connectivity index (χ2n) is 3.99. The van der Waals surface area contributed by atoms with Gasteiger partial charge >= 0.3 is 0 Å². The normalized spacial score (nSPS) is 11.6. The predicted octanol–water partition coefficient (Wildman–Crippen LogP) is 1.58. The smallest absolute Gasteiger partial charge is 0.273 e. The van der Waals surface area contributed by atoms with Crippen LogP contribution in [-0.2, 0) is 14.8 Å². The number of ether oxygens (including phenoxy) is 1. The Morgan fingerprint density at radius 2 is 2.05 bits per heavy atom. The third kappa shape index (κ3) is 5.54. The van der Waals surface area contributed by atoms with Crippen LogP contribution < -0.4 is 4.72 Å². The van der Waals surface area contributed by atoms with E-state index in [0.717, 1.165) is 12.8 Å². The van der Waals surface area contributed by atoms with Crippen LogP contribution in [0.25, 0.3) is 0 Å². The van der Waals surface area contributed by atoms with Crippen molar-refractivity contribution in [2.45, 2.75) is 31.3 Å². The van der Waals surface area contributed by atoms with Crippen LogP contribution in [0.15, 0.2) is 21.6 Å². The first-order valence-electron chi connectivity index (χ1n) is 6.22. The van der Waals surface area contributed by atoms with E-state index < -0.39 is 10.0 Å². The van der Waals surface area contributed by atoms with Crippen LogP contribution in [-0.4, -0.2) is 34.5 Å². The Bertz CT molecular complexity index is 480. The minimum Gasteiger partial charge on any atom is -0.440 e. The molecule has 0 amide bonds. The molecule has 6 nitrogen and oxygen atoms in total. The number of furan rings is 1. The molecule has 0 spiro atoms. The maximum Gasteiger partial charge on any atom is 0.273 e. The van der Waals surface area contributed by atoms with Crippen molar-refractivity contribution >= 4 is 16.3 Å². The highest BCUT2D eigenvalue weighted by Gasteiger charge is 2.17. The first-order valence-corrected chi connectivity index (χ1v) is 7.71. The molecule has 0 aliphatic carbocycles. The number of carbonyl (C=O) groups excluding carboxylic acids is 1. The molecule has 1 N–H and O–H groups in total. The zero-order chi connectivity index (χ0) is 14.1. The molecule has 0 aliphatic rings. The van der Waals surface area contributed by atoms with E-state index in [9.17, 15) is 13.2 Å². The molecular weight excluding hydrogens is 270 g/mol. The lowest BCUT2D eigenvalue weighted by atomic mass is 10.4. The Kier molecular flexibility index (Phi) is 6.75. The van der Waals surface area contributed by atoms with Crippen LogP contribution in [0.1, 0.15) is 36.7 Å². The maximum atomic E-state index is 11.7. The standard InChI is InChI=1S/C12H19NO5S/c1-2-3-8-17-9-4-7-13-19(15,16)12-6-5-11(10-14)18-12/h5-6,10,13H,2-4,7-9H2,1H3. The summed E-state index contributed by atoms with van der Waals surface area (Å²) in [7, 11) is -3.68. The summed E-state index contributed by atoms with van der Waals surface area (Å²) in [6.45, 7) is 3.56. The van der Waals surface area contributed by atoms with Crippen LogP contribution in [0.2, 0.25) is 0 Å². The Morgan fingerprint density at radius 3 is 2.68 bits per heavy atom. The summed E-state index contributed by atoms with van der Waals surface area (Å²) in [6.07, 6.45) is 3.13. The van der Waals surface area contributed by atoms with Crippen molar-refractivity contribution in [2.75, 3.05) is 19.8 Å². The number of unbranched alkanes of at least 4 members (excludes halogenated alkanes) is 1. The molecule has 1 aromatic heterocycles. The van der Waals surface area contributed by atoms with E-state index in [0.29, 0.717) is 25.9 Å². The van der Waals surface area contributed by atoms with Gasteiger partial charge in [0.2, 0.25) is 5.09 Å². The molecule has 0 saturated carbocycles. The van der Waals surface area contributed by atoms with Crippen LogP contribution in [0, 0.1) is 0 Å². The van der Waals surface area contributed by atoms with Crippen LogP contribution >= 0.6 is 0 Å². The Balaban J connectivity index is 2.29. The van der Waals surface area contributed by atoms with Gasteiger partial charge in [-0.3, -0.25) is 4.79 Å². The molecule has 7 heteroatoms. The van der Waals surface area contributed by atoms with Gasteiger partial charge in [-0.2, -0.15) is 0 Å². The van der Waals surface area contributed by atoms with Gasteiger partial charge in [0.1, 0.15) is 0 Å². The third-order valence-corrected chi connectivity index (χ3v) is 3.72. The molecule has 0 aromatic carbocycles. The summed E-state index contributed by atoms with van der Waals surface area (Å²) >= 11 is 0. The molecule has 1 heterocycles. The Morgan fingerprint density at radius 1 is 1.32 bits per heavy atom. The molecule has 0 unspecified atom stereocenters. The van der Waals surface area contributed by atoms with E-state index in [1.54, 1.807) is 0 Å². The van der Waals surface area contributed by atoms with E-state index in [4.69, 9.17) is 9.15 Å². The SMILES string of the molecule is CCCCOCCCNS(=O)(=O)c1ccc(C=O)o1. The topological polar surface area (TPSA) is 85.6 Å². The lowest BCUT2D eigenvalue weighted by molar-refractivity contribution is 0.109. The van der Waals surface area contributed by atoms with Gasteiger partial charge in [0.25, 0.3) is 10.0 Å². The monoisotopic (exact) mass is 289 g/mol. The van der Waals surface area contributed by atoms with Gasteiger partial charge in [-0.25, -0.2) is 13.1 Å². The lowest BCUT2D eigenvalue weighted by Gasteiger charge is -2.05. The van der Waals surface area contributed by atoms with Crippen molar-refractivity contribution in [3.8, 4) is 0 Å². The lowest BCUT2D eigenvalue weighted by Crippen LogP contribution is -2.25. The number of hydrogen-bond donors (Lipinski definition) is 1. The summed E-state index contributed by atoms with van der Waals surface area (Å²) in [4.78, 5) is 10.4. The van der Waals surface area contributed by atoms with Gasteiger partial charge in [0, 0.05) is 19.8 Å². The highest BCUT2D eigenvalue weighted by atomic mass is 32.2. The number of rotatable bonds is 10.